The summed E-state index contributed by atoms with van der Waals surface area (Å²) in [6.45, 7) is 6.03. The van der Waals surface area contributed by atoms with E-state index in [2.05, 4.69) is 39.0 Å². The summed E-state index contributed by atoms with van der Waals surface area (Å²) in [4.78, 5) is 9.39. The lowest BCUT2D eigenvalue weighted by Gasteiger charge is -2.38. The quantitative estimate of drug-likeness (QED) is 0.841. The molecular formula is C18H24N4O2. The topological polar surface area (TPSA) is 54.6 Å². The van der Waals surface area contributed by atoms with Gasteiger partial charge in [0.1, 0.15) is 5.75 Å². The van der Waals surface area contributed by atoms with Crippen LogP contribution in [-0.4, -0.2) is 48.3 Å². The molecule has 2 aliphatic rings. The van der Waals surface area contributed by atoms with Crippen LogP contribution in [0.5, 0.6) is 5.75 Å². The molecule has 6 nitrogen and oxygen atoms in total. The highest BCUT2D eigenvalue weighted by molar-refractivity contribution is 5.58. The molecule has 1 saturated heterocycles. The second-order valence-electron chi connectivity index (χ2n) is 6.64. The number of hydrogen-bond acceptors (Lipinski definition) is 6. The standard InChI is InChI=1S/C18H24N4O2/c1-13(18-19-17(20-24-18)14-7-8-14)21-9-11-22(12-10-21)15-5-3-4-6-16(15)23-2/h3-6,13-14H,7-12H2,1-2H3/t13-/m0/s1. The number of para-hydroxylation sites is 2. The Hall–Kier alpha value is -2.08. The number of aromatic nitrogens is 2. The van der Waals surface area contributed by atoms with Crippen molar-refractivity contribution < 1.29 is 9.26 Å². The van der Waals surface area contributed by atoms with Crippen LogP contribution in [0.25, 0.3) is 0 Å². The second-order valence-corrected chi connectivity index (χ2v) is 6.64. The summed E-state index contributed by atoms with van der Waals surface area (Å²) < 4.78 is 11.0. The number of hydrogen-bond donors (Lipinski definition) is 0. The normalized spacial score (nSPS) is 20.2. The first-order valence-electron chi connectivity index (χ1n) is 8.72. The molecule has 0 bridgehead atoms. The predicted octanol–water partition coefficient (Wildman–Crippen LogP) is 2.84. The van der Waals surface area contributed by atoms with Crippen molar-refractivity contribution in [2.24, 2.45) is 0 Å². The Morgan fingerprint density at radius 2 is 1.92 bits per heavy atom. The van der Waals surface area contributed by atoms with Gasteiger partial charge in [-0.1, -0.05) is 17.3 Å². The predicted molar refractivity (Wildman–Crippen MR) is 91.5 cm³/mol. The average Bonchev–Trinajstić information content (AvgIpc) is 3.38. The molecule has 0 spiro atoms. The minimum absolute atomic E-state index is 0.171. The second kappa shape index (κ2) is 6.43. The summed E-state index contributed by atoms with van der Waals surface area (Å²) in [5.41, 5.74) is 1.17. The van der Waals surface area contributed by atoms with E-state index in [9.17, 15) is 0 Å². The van der Waals surface area contributed by atoms with Crippen LogP contribution < -0.4 is 9.64 Å². The van der Waals surface area contributed by atoms with Gasteiger partial charge in [-0.15, -0.1) is 0 Å². The van der Waals surface area contributed by atoms with Crippen molar-refractivity contribution >= 4 is 5.69 Å². The summed E-state index contributed by atoms with van der Waals surface area (Å²) in [5.74, 6) is 3.12. The van der Waals surface area contributed by atoms with Crippen LogP contribution in [0.2, 0.25) is 0 Å². The maximum absolute atomic E-state index is 5.49. The molecule has 6 heteroatoms. The smallest absolute Gasteiger partial charge is 0.243 e. The number of benzene rings is 1. The Bertz CT molecular complexity index is 690. The van der Waals surface area contributed by atoms with E-state index in [-0.39, 0.29) is 6.04 Å². The fourth-order valence-electron chi connectivity index (χ4n) is 3.32. The zero-order valence-corrected chi connectivity index (χ0v) is 14.3. The molecule has 2 heterocycles. The van der Waals surface area contributed by atoms with Gasteiger partial charge in [0.25, 0.3) is 0 Å². The summed E-state index contributed by atoms with van der Waals surface area (Å²) in [7, 11) is 1.73. The first kappa shape index (κ1) is 15.4. The van der Waals surface area contributed by atoms with Crippen LogP contribution in [-0.2, 0) is 0 Å². The number of piperazine rings is 1. The molecular weight excluding hydrogens is 304 g/mol. The van der Waals surface area contributed by atoms with Crippen molar-refractivity contribution in [2.75, 3.05) is 38.2 Å². The first-order valence-corrected chi connectivity index (χ1v) is 8.72. The van der Waals surface area contributed by atoms with E-state index in [1.807, 2.05) is 12.1 Å². The number of nitrogens with zero attached hydrogens (tertiary/aromatic N) is 4. The average molecular weight is 328 g/mol. The molecule has 24 heavy (non-hydrogen) atoms. The van der Waals surface area contributed by atoms with E-state index in [4.69, 9.17) is 9.26 Å². The highest BCUT2D eigenvalue weighted by atomic mass is 16.5. The van der Waals surface area contributed by atoms with Crippen molar-refractivity contribution in [1.82, 2.24) is 15.0 Å². The molecule has 0 unspecified atom stereocenters. The minimum Gasteiger partial charge on any atom is -0.495 e. The fourth-order valence-corrected chi connectivity index (χ4v) is 3.32. The number of anilines is 1. The molecule has 0 radical (unpaired) electrons. The minimum atomic E-state index is 0.171. The van der Waals surface area contributed by atoms with E-state index >= 15 is 0 Å². The van der Waals surface area contributed by atoms with Gasteiger partial charge in [0.2, 0.25) is 5.89 Å². The Morgan fingerprint density at radius 3 is 2.62 bits per heavy atom. The Balaban J connectivity index is 1.39. The van der Waals surface area contributed by atoms with Crippen LogP contribution in [0, 0.1) is 0 Å². The summed E-state index contributed by atoms with van der Waals surface area (Å²) in [6, 6.07) is 8.38. The van der Waals surface area contributed by atoms with E-state index in [0.29, 0.717) is 5.92 Å². The summed E-state index contributed by atoms with van der Waals surface area (Å²) in [6.07, 6.45) is 2.40. The molecule has 0 amide bonds. The molecule has 1 aliphatic carbocycles. The van der Waals surface area contributed by atoms with Crippen LogP contribution in [0.1, 0.15) is 43.4 Å². The summed E-state index contributed by atoms with van der Waals surface area (Å²) in [5, 5.41) is 4.14. The largest absolute Gasteiger partial charge is 0.495 e. The SMILES string of the molecule is COc1ccccc1N1CCN([C@@H](C)c2nc(C3CC3)no2)CC1. The first-order chi connectivity index (χ1) is 11.8. The van der Waals surface area contributed by atoms with Crippen LogP contribution in [0.15, 0.2) is 28.8 Å². The van der Waals surface area contributed by atoms with Crippen LogP contribution >= 0.6 is 0 Å². The lowest BCUT2D eigenvalue weighted by atomic mass is 10.2. The van der Waals surface area contributed by atoms with Crippen molar-refractivity contribution in [1.29, 1.82) is 0 Å². The third-order valence-electron chi connectivity index (χ3n) is 5.05. The number of rotatable bonds is 5. The van der Waals surface area contributed by atoms with E-state index in [0.717, 1.165) is 43.6 Å². The van der Waals surface area contributed by atoms with Gasteiger partial charge in [-0.2, -0.15) is 4.98 Å². The Kier molecular flexibility index (Phi) is 4.14. The van der Waals surface area contributed by atoms with Gasteiger partial charge in [-0.05, 0) is 31.9 Å². The fraction of sp³-hybridized carbons (Fsp3) is 0.556. The van der Waals surface area contributed by atoms with Gasteiger partial charge in [-0.3, -0.25) is 4.90 Å². The monoisotopic (exact) mass is 328 g/mol. The molecule has 2 aromatic rings. The molecule has 4 rings (SSSR count). The molecule has 1 saturated carbocycles. The molecule has 1 atom stereocenters. The highest BCUT2D eigenvalue weighted by Crippen LogP contribution is 2.38. The van der Waals surface area contributed by atoms with Crippen LogP contribution in [0.4, 0.5) is 5.69 Å². The Morgan fingerprint density at radius 1 is 1.17 bits per heavy atom. The van der Waals surface area contributed by atoms with Crippen LogP contribution in [0.3, 0.4) is 0 Å². The van der Waals surface area contributed by atoms with Gasteiger partial charge in [0, 0.05) is 32.1 Å². The van der Waals surface area contributed by atoms with Crippen molar-refractivity contribution in [3.05, 3.63) is 36.0 Å². The molecule has 1 aromatic heterocycles. The van der Waals surface area contributed by atoms with E-state index in [1.165, 1.54) is 18.5 Å². The number of methoxy groups -OCH3 is 1. The maximum atomic E-state index is 5.49. The van der Waals surface area contributed by atoms with Gasteiger partial charge < -0.3 is 14.2 Å². The molecule has 1 aromatic carbocycles. The van der Waals surface area contributed by atoms with Gasteiger partial charge in [0.05, 0.1) is 18.8 Å². The molecule has 2 fully saturated rings. The van der Waals surface area contributed by atoms with E-state index < -0.39 is 0 Å². The van der Waals surface area contributed by atoms with Gasteiger partial charge >= 0.3 is 0 Å². The zero-order chi connectivity index (χ0) is 16.5. The molecule has 128 valence electrons. The van der Waals surface area contributed by atoms with Gasteiger partial charge in [0.15, 0.2) is 5.82 Å². The maximum Gasteiger partial charge on any atom is 0.243 e. The Labute approximate surface area is 142 Å². The lowest BCUT2D eigenvalue weighted by Crippen LogP contribution is -2.47. The van der Waals surface area contributed by atoms with Crippen molar-refractivity contribution in [3.63, 3.8) is 0 Å². The van der Waals surface area contributed by atoms with Crippen molar-refractivity contribution in [3.8, 4) is 5.75 Å². The third kappa shape index (κ3) is 2.98. The highest BCUT2D eigenvalue weighted by Gasteiger charge is 2.31. The lowest BCUT2D eigenvalue weighted by molar-refractivity contribution is 0.164. The molecule has 1 aliphatic heterocycles. The van der Waals surface area contributed by atoms with E-state index in [1.54, 1.807) is 7.11 Å². The number of ether oxygens (including phenoxy) is 1. The summed E-state index contributed by atoms with van der Waals surface area (Å²) >= 11 is 0. The van der Waals surface area contributed by atoms with Gasteiger partial charge in [-0.25, -0.2) is 0 Å². The third-order valence-corrected chi connectivity index (χ3v) is 5.05. The zero-order valence-electron chi connectivity index (χ0n) is 14.3. The molecule has 0 N–H and O–H groups in total. The van der Waals surface area contributed by atoms with Crippen molar-refractivity contribution in [2.45, 2.75) is 31.7 Å².